The van der Waals surface area contributed by atoms with Crippen molar-refractivity contribution in [1.29, 1.82) is 0 Å². The van der Waals surface area contributed by atoms with E-state index < -0.39 is 0 Å². The molecule has 0 saturated carbocycles. The molecular formula is C11H16N2O2. The van der Waals surface area contributed by atoms with Crippen LogP contribution in [0.5, 0.6) is 5.75 Å². The van der Waals surface area contributed by atoms with Crippen molar-refractivity contribution in [3.8, 4) is 5.75 Å². The molecule has 0 heterocycles. The van der Waals surface area contributed by atoms with Crippen LogP contribution in [-0.2, 0) is 4.79 Å². The van der Waals surface area contributed by atoms with Crippen molar-refractivity contribution in [2.24, 2.45) is 5.73 Å². The van der Waals surface area contributed by atoms with Gasteiger partial charge in [0.1, 0.15) is 5.75 Å². The first-order valence-electron chi connectivity index (χ1n) is 4.99. The normalized spacial score (nSPS) is 9.73. The summed E-state index contributed by atoms with van der Waals surface area (Å²) in [6.45, 7) is 2.93. The average Bonchev–Trinajstić information content (AvgIpc) is 2.22. The molecule has 1 amide bonds. The van der Waals surface area contributed by atoms with Crippen LogP contribution in [0.1, 0.15) is 13.3 Å². The van der Waals surface area contributed by atoms with Crippen molar-refractivity contribution in [2.45, 2.75) is 13.3 Å². The van der Waals surface area contributed by atoms with Crippen molar-refractivity contribution in [1.82, 2.24) is 0 Å². The molecule has 82 valence electrons. The van der Waals surface area contributed by atoms with E-state index in [9.17, 15) is 4.79 Å². The van der Waals surface area contributed by atoms with Crippen molar-refractivity contribution in [2.75, 3.05) is 18.5 Å². The van der Waals surface area contributed by atoms with E-state index in [1.54, 1.807) is 12.1 Å². The predicted octanol–water partition coefficient (Wildman–Crippen LogP) is 1.37. The first-order chi connectivity index (χ1) is 7.26. The van der Waals surface area contributed by atoms with Gasteiger partial charge in [0, 0.05) is 18.7 Å². The maximum atomic E-state index is 11.2. The van der Waals surface area contributed by atoms with Crippen molar-refractivity contribution in [3.63, 3.8) is 0 Å². The summed E-state index contributed by atoms with van der Waals surface area (Å²) < 4.78 is 5.28. The van der Waals surface area contributed by atoms with Gasteiger partial charge in [-0.15, -0.1) is 0 Å². The molecule has 0 spiro atoms. The number of rotatable bonds is 5. The van der Waals surface area contributed by atoms with E-state index in [-0.39, 0.29) is 5.91 Å². The Hall–Kier alpha value is -1.55. The number of nitrogens with two attached hydrogens (primary N) is 1. The summed E-state index contributed by atoms with van der Waals surface area (Å²) in [7, 11) is 0. The molecular weight excluding hydrogens is 192 g/mol. The highest BCUT2D eigenvalue weighted by atomic mass is 16.5. The second kappa shape index (κ2) is 6.03. The Morgan fingerprint density at radius 3 is 2.60 bits per heavy atom. The van der Waals surface area contributed by atoms with Gasteiger partial charge in [-0.05, 0) is 31.2 Å². The monoisotopic (exact) mass is 208 g/mol. The molecule has 0 aliphatic rings. The third-order valence-corrected chi connectivity index (χ3v) is 1.82. The number of nitrogens with one attached hydrogen (secondary N) is 1. The Morgan fingerprint density at radius 2 is 2.07 bits per heavy atom. The molecule has 0 fully saturated rings. The lowest BCUT2D eigenvalue weighted by atomic mass is 10.3. The van der Waals surface area contributed by atoms with Crippen molar-refractivity contribution >= 4 is 11.6 Å². The molecule has 0 atom stereocenters. The van der Waals surface area contributed by atoms with Gasteiger partial charge >= 0.3 is 0 Å². The van der Waals surface area contributed by atoms with Crippen LogP contribution in [0, 0.1) is 0 Å². The molecule has 0 unspecified atom stereocenters. The molecule has 0 bridgehead atoms. The van der Waals surface area contributed by atoms with E-state index in [1.165, 1.54) is 0 Å². The van der Waals surface area contributed by atoms with E-state index in [1.807, 2.05) is 19.1 Å². The molecule has 1 aromatic rings. The molecule has 15 heavy (non-hydrogen) atoms. The average molecular weight is 208 g/mol. The van der Waals surface area contributed by atoms with E-state index >= 15 is 0 Å². The molecule has 1 aromatic carbocycles. The zero-order valence-electron chi connectivity index (χ0n) is 8.82. The lowest BCUT2D eigenvalue weighted by Crippen LogP contribution is -2.16. The number of carbonyl (C=O) groups is 1. The molecule has 0 aromatic heterocycles. The zero-order chi connectivity index (χ0) is 11.1. The van der Waals surface area contributed by atoms with Crippen LogP contribution in [0.15, 0.2) is 24.3 Å². The molecule has 0 aliphatic carbocycles. The number of ether oxygens (including phenoxy) is 1. The molecule has 1 rings (SSSR count). The first-order valence-corrected chi connectivity index (χ1v) is 4.99. The number of benzene rings is 1. The van der Waals surface area contributed by atoms with Gasteiger partial charge < -0.3 is 15.8 Å². The van der Waals surface area contributed by atoms with Crippen LogP contribution in [0.4, 0.5) is 5.69 Å². The minimum atomic E-state index is -0.0679. The van der Waals surface area contributed by atoms with Gasteiger partial charge in [-0.3, -0.25) is 4.79 Å². The number of carbonyl (C=O) groups excluding carboxylic acids is 1. The fourth-order valence-corrected chi connectivity index (χ4v) is 1.16. The van der Waals surface area contributed by atoms with E-state index in [2.05, 4.69) is 5.32 Å². The van der Waals surface area contributed by atoms with Crippen LogP contribution >= 0.6 is 0 Å². The number of anilines is 1. The number of hydrogen-bond acceptors (Lipinski definition) is 3. The van der Waals surface area contributed by atoms with Crippen LogP contribution < -0.4 is 15.8 Å². The fourth-order valence-electron chi connectivity index (χ4n) is 1.16. The minimum absolute atomic E-state index is 0.0679. The third kappa shape index (κ3) is 3.99. The number of hydrogen-bond donors (Lipinski definition) is 2. The van der Waals surface area contributed by atoms with E-state index in [0.29, 0.717) is 19.6 Å². The predicted molar refractivity (Wildman–Crippen MR) is 59.9 cm³/mol. The van der Waals surface area contributed by atoms with Crippen LogP contribution in [0.3, 0.4) is 0 Å². The summed E-state index contributed by atoms with van der Waals surface area (Å²) >= 11 is 0. The smallest absolute Gasteiger partial charge is 0.225 e. The quantitative estimate of drug-likeness (QED) is 0.768. The van der Waals surface area contributed by atoms with Gasteiger partial charge in [0.15, 0.2) is 0 Å². The Kier molecular flexibility index (Phi) is 4.63. The Bertz CT molecular complexity index is 309. The van der Waals surface area contributed by atoms with Crippen LogP contribution in [-0.4, -0.2) is 19.1 Å². The Morgan fingerprint density at radius 1 is 1.40 bits per heavy atom. The summed E-state index contributed by atoms with van der Waals surface area (Å²) in [5.41, 5.74) is 6.03. The van der Waals surface area contributed by atoms with Crippen LogP contribution in [0.2, 0.25) is 0 Å². The van der Waals surface area contributed by atoms with E-state index in [4.69, 9.17) is 10.5 Å². The SMILES string of the molecule is CCOc1ccc(NC(=O)CCN)cc1. The van der Waals surface area contributed by atoms with E-state index in [0.717, 1.165) is 11.4 Å². The maximum absolute atomic E-state index is 11.2. The maximum Gasteiger partial charge on any atom is 0.225 e. The molecule has 4 nitrogen and oxygen atoms in total. The summed E-state index contributed by atoms with van der Waals surface area (Å²) in [5, 5.41) is 2.74. The van der Waals surface area contributed by atoms with Gasteiger partial charge in [-0.25, -0.2) is 0 Å². The first kappa shape index (κ1) is 11.5. The Labute approximate surface area is 89.4 Å². The Balaban J connectivity index is 2.52. The fraction of sp³-hybridized carbons (Fsp3) is 0.364. The molecule has 4 heteroatoms. The molecule has 0 radical (unpaired) electrons. The second-order valence-corrected chi connectivity index (χ2v) is 3.04. The highest BCUT2D eigenvalue weighted by Gasteiger charge is 2.00. The highest BCUT2D eigenvalue weighted by molar-refractivity contribution is 5.90. The van der Waals surface area contributed by atoms with Gasteiger partial charge in [-0.2, -0.15) is 0 Å². The van der Waals surface area contributed by atoms with Crippen molar-refractivity contribution in [3.05, 3.63) is 24.3 Å². The molecule has 0 aliphatic heterocycles. The summed E-state index contributed by atoms with van der Waals surface area (Å²) in [6, 6.07) is 7.25. The lowest BCUT2D eigenvalue weighted by molar-refractivity contribution is -0.116. The second-order valence-electron chi connectivity index (χ2n) is 3.04. The van der Waals surface area contributed by atoms with Gasteiger partial charge in [0.25, 0.3) is 0 Å². The third-order valence-electron chi connectivity index (χ3n) is 1.82. The van der Waals surface area contributed by atoms with Gasteiger partial charge in [0.2, 0.25) is 5.91 Å². The highest BCUT2D eigenvalue weighted by Crippen LogP contribution is 2.15. The van der Waals surface area contributed by atoms with Gasteiger partial charge in [-0.1, -0.05) is 0 Å². The summed E-state index contributed by atoms with van der Waals surface area (Å²) in [6.07, 6.45) is 0.340. The topological polar surface area (TPSA) is 64.3 Å². The zero-order valence-corrected chi connectivity index (χ0v) is 8.82. The standard InChI is InChI=1S/C11H16N2O2/c1-2-15-10-5-3-9(4-6-10)13-11(14)7-8-12/h3-6H,2,7-8,12H2,1H3,(H,13,14). The van der Waals surface area contributed by atoms with Gasteiger partial charge in [0.05, 0.1) is 6.61 Å². The molecule has 0 saturated heterocycles. The number of amides is 1. The van der Waals surface area contributed by atoms with Crippen LogP contribution in [0.25, 0.3) is 0 Å². The lowest BCUT2D eigenvalue weighted by Gasteiger charge is -2.06. The van der Waals surface area contributed by atoms with Crippen molar-refractivity contribution < 1.29 is 9.53 Å². The summed E-state index contributed by atoms with van der Waals surface area (Å²) in [4.78, 5) is 11.2. The minimum Gasteiger partial charge on any atom is -0.494 e. The summed E-state index contributed by atoms with van der Waals surface area (Å²) in [5.74, 6) is 0.732. The molecule has 3 N–H and O–H groups in total. The largest absolute Gasteiger partial charge is 0.494 e.